The fourth-order valence-electron chi connectivity index (χ4n) is 1.76. The van der Waals surface area contributed by atoms with Crippen molar-refractivity contribution in [3.8, 4) is 5.75 Å². The molecule has 7 nitrogen and oxygen atoms in total. The lowest BCUT2D eigenvalue weighted by molar-refractivity contribution is -0.385. The van der Waals surface area contributed by atoms with Crippen LogP contribution in [0.3, 0.4) is 0 Å². The Bertz CT molecular complexity index is 767. The molecule has 2 N–H and O–H groups in total. The number of aromatic hydroxyl groups is 1. The number of benzene rings is 2. The van der Waals surface area contributed by atoms with Crippen LogP contribution in [0.5, 0.6) is 5.75 Å². The van der Waals surface area contributed by atoms with Crippen molar-refractivity contribution in [1.29, 1.82) is 0 Å². The lowest BCUT2D eigenvalue weighted by Gasteiger charge is -1.99. The SMILES string of the molecule is O=C(N/N=C\C=C\c1ccccc1[N+](=O)[O-])c1ccc(O)cc1. The van der Waals surface area contributed by atoms with E-state index in [-0.39, 0.29) is 11.4 Å². The summed E-state index contributed by atoms with van der Waals surface area (Å²) in [5.74, 6) is -0.363. The van der Waals surface area contributed by atoms with Crippen LogP contribution in [0.4, 0.5) is 5.69 Å². The first kappa shape index (κ1) is 15.9. The summed E-state index contributed by atoms with van der Waals surface area (Å²) in [5, 5.41) is 23.7. The van der Waals surface area contributed by atoms with E-state index in [0.29, 0.717) is 11.1 Å². The molecule has 0 aromatic heterocycles. The van der Waals surface area contributed by atoms with Gasteiger partial charge in [0.2, 0.25) is 0 Å². The van der Waals surface area contributed by atoms with Crippen molar-refractivity contribution in [3.63, 3.8) is 0 Å². The van der Waals surface area contributed by atoms with Crippen molar-refractivity contribution in [2.45, 2.75) is 0 Å². The van der Waals surface area contributed by atoms with Gasteiger partial charge in [-0.05, 0) is 42.5 Å². The topological polar surface area (TPSA) is 105 Å². The van der Waals surface area contributed by atoms with E-state index in [1.807, 2.05) is 0 Å². The Morgan fingerprint density at radius 3 is 2.57 bits per heavy atom. The summed E-state index contributed by atoms with van der Waals surface area (Å²) in [6.45, 7) is 0. The lowest BCUT2D eigenvalue weighted by Crippen LogP contribution is -2.16. The number of phenols is 1. The molecule has 23 heavy (non-hydrogen) atoms. The molecule has 116 valence electrons. The number of carbonyl (C=O) groups excluding carboxylic acids is 1. The maximum Gasteiger partial charge on any atom is 0.276 e. The van der Waals surface area contributed by atoms with Crippen molar-refractivity contribution in [2.75, 3.05) is 0 Å². The molecule has 0 saturated carbocycles. The third-order valence-corrected chi connectivity index (χ3v) is 2.87. The number of rotatable bonds is 5. The summed E-state index contributed by atoms with van der Waals surface area (Å²) in [5.41, 5.74) is 3.09. The second-order valence-corrected chi connectivity index (χ2v) is 4.44. The molecular weight excluding hydrogens is 298 g/mol. The van der Waals surface area contributed by atoms with Crippen LogP contribution in [0.15, 0.2) is 59.7 Å². The van der Waals surface area contributed by atoms with Crippen LogP contribution in [-0.4, -0.2) is 22.2 Å². The van der Waals surface area contributed by atoms with Crippen molar-refractivity contribution in [1.82, 2.24) is 5.43 Å². The number of carbonyl (C=O) groups is 1. The molecule has 2 rings (SSSR count). The summed E-state index contributed by atoms with van der Waals surface area (Å²) in [6.07, 6.45) is 4.32. The van der Waals surface area contributed by atoms with Gasteiger partial charge in [-0.25, -0.2) is 5.43 Å². The number of nitro benzene ring substituents is 1. The molecule has 0 saturated heterocycles. The first-order valence-electron chi connectivity index (χ1n) is 6.60. The Hall–Kier alpha value is -3.48. The van der Waals surface area contributed by atoms with Crippen LogP contribution in [0, 0.1) is 10.1 Å². The number of nitrogens with one attached hydrogen (secondary N) is 1. The molecule has 2 aromatic rings. The highest BCUT2D eigenvalue weighted by atomic mass is 16.6. The number of para-hydroxylation sites is 1. The van der Waals surface area contributed by atoms with E-state index < -0.39 is 10.8 Å². The van der Waals surface area contributed by atoms with Gasteiger partial charge in [-0.15, -0.1) is 0 Å². The zero-order valence-electron chi connectivity index (χ0n) is 11.9. The first-order valence-corrected chi connectivity index (χ1v) is 6.60. The van der Waals surface area contributed by atoms with E-state index in [0.717, 1.165) is 0 Å². The highest BCUT2D eigenvalue weighted by Crippen LogP contribution is 2.18. The molecule has 0 aliphatic heterocycles. The average molecular weight is 311 g/mol. The second-order valence-electron chi connectivity index (χ2n) is 4.44. The van der Waals surface area contributed by atoms with Crippen LogP contribution in [0.25, 0.3) is 6.08 Å². The number of nitro groups is 1. The van der Waals surface area contributed by atoms with Gasteiger partial charge in [-0.2, -0.15) is 5.10 Å². The molecule has 0 heterocycles. The Morgan fingerprint density at radius 2 is 1.87 bits per heavy atom. The largest absolute Gasteiger partial charge is 0.508 e. The van der Waals surface area contributed by atoms with Crippen LogP contribution in [-0.2, 0) is 0 Å². The van der Waals surface area contributed by atoms with Gasteiger partial charge in [0, 0.05) is 17.8 Å². The highest BCUT2D eigenvalue weighted by Gasteiger charge is 2.08. The van der Waals surface area contributed by atoms with Gasteiger partial charge in [0.25, 0.3) is 11.6 Å². The van der Waals surface area contributed by atoms with E-state index in [4.69, 9.17) is 5.11 Å². The van der Waals surface area contributed by atoms with Crippen LogP contribution in [0.1, 0.15) is 15.9 Å². The third kappa shape index (κ3) is 4.50. The van der Waals surface area contributed by atoms with E-state index in [1.165, 1.54) is 48.7 Å². The van der Waals surface area contributed by atoms with Gasteiger partial charge in [-0.1, -0.05) is 12.1 Å². The fourth-order valence-corrected chi connectivity index (χ4v) is 1.76. The molecule has 1 amide bonds. The molecule has 0 fully saturated rings. The molecule has 0 spiro atoms. The zero-order chi connectivity index (χ0) is 16.7. The van der Waals surface area contributed by atoms with E-state index in [2.05, 4.69) is 10.5 Å². The molecule has 0 unspecified atom stereocenters. The van der Waals surface area contributed by atoms with Crippen molar-refractivity contribution in [2.24, 2.45) is 5.10 Å². The third-order valence-electron chi connectivity index (χ3n) is 2.87. The normalized spacial score (nSPS) is 11.0. The minimum absolute atomic E-state index is 0.00900. The molecule has 0 radical (unpaired) electrons. The molecular formula is C16H13N3O4. The van der Waals surface area contributed by atoms with Gasteiger partial charge < -0.3 is 5.11 Å². The maximum atomic E-state index is 11.7. The van der Waals surface area contributed by atoms with Gasteiger partial charge in [0.1, 0.15) is 5.75 Å². The van der Waals surface area contributed by atoms with Gasteiger partial charge in [0.15, 0.2) is 0 Å². The smallest absolute Gasteiger partial charge is 0.276 e. The van der Waals surface area contributed by atoms with E-state index in [9.17, 15) is 14.9 Å². The summed E-state index contributed by atoms with van der Waals surface area (Å²) >= 11 is 0. The Morgan fingerprint density at radius 1 is 1.17 bits per heavy atom. The zero-order valence-corrected chi connectivity index (χ0v) is 11.9. The standard InChI is InChI=1S/C16H13N3O4/c20-14-9-7-13(8-10-14)16(21)18-17-11-3-5-12-4-1-2-6-15(12)19(22)23/h1-11,20H,(H,18,21)/b5-3+,17-11-. The Balaban J connectivity index is 1.95. The van der Waals surface area contributed by atoms with E-state index >= 15 is 0 Å². The summed E-state index contributed by atoms with van der Waals surface area (Å²) in [7, 11) is 0. The minimum Gasteiger partial charge on any atom is -0.508 e. The van der Waals surface area contributed by atoms with Crippen LogP contribution >= 0.6 is 0 Å². The maximum absolute atomic E-state index is 11.7. The number of hydrazone groups is 1. The van der Waals surface area contributed by atoms with Crippen molar-refractivity contribution >= 4 is 23.9 Å². The van der Waals surface area contributed by atoms with Gasteiger partial charge in [-0.3, -0.25) is 14.9 Å². The Labute approximate surface area is 131 Å². The molecule has 0 aliphatic rings. The quantitative estimate of drug-likeness (QED) is 0.503. The molecule has 0 bridgehead atoms. The number of amides is 1. The van der Waals surface area contributed by atoms with Gasteiger partial charge >= 0.3 is 0 Å². The van der Waals surface area contributed by atoms with Crippen LogP contribution in [0.2, 0.25) is 0 Å². The number of nitrogens with zero attached hydrogens (tertiary/aromatic N) is 2. The number of phenolic OH excluding ortho intramolecular Hbond substituents is 1. The molecule has 0 aliphatic carbocycles. The Kier molecular flexibility index (Phi) is 5.19. The summed E-state index contributed by atoms with van der Waals surface area (Å²) < 4.78 is 0. The predicted octanol–water partition coefficient (Wildman–Crippen LogP) is 2.73. The monoisotopic (exact) mass is 311 g/mol. The van der Waals surface area contributed by atoms with Crippen molar-refractivity contribution < 1.29 is 14.8 Å². The number of allylic oxidation sites excluding steroid dienone is 1. The average Bonchev–Trinajstić information content (AvgIpc) is 2.55. The van der Waals surface area contributed by atoms with E-state index in [1.54, 1.807) is 18.2 Å². The van der Waals surface area contributed by atoms with Crippen molar-refractivity contribution in [3.05, 3.63) is 75.8 Å². The van der Waals surface area contributed by atoms with Crippen LogP contribution < -0.4 is 5.43 Å². The molecule has 2 aromatic carbocycles. The molecule has 7 heteroatoms. The summed E-state index contributed by atoms with van der Waals surface area (Å²) in [4.78, 5) is 22.1. The predicted molar refractivity (Wildman–Crippen MR) is 86.2 cm³/mol. The number of hydrogen-bond donors (Lipinski definition) is 2. The fraction of sp³-hybridized carbons (Fsp3) is 0. The molecule has 0 atom stereocenters. The van der Waals surface area contributed by atoms with Gasteiger partial charge in [0.05, 0.1) is 10.5 Å². The summed E-state index contributed by atoms with van der Waals surface area (Å²) in [6, 6.07) is 12.0. The number of hydrogen-bond acceptors (Lipinski definition) is 5. The second kappa shape index (κ2) is 7.51. The lowest BCUT2D eigenvalue weighted by atomic mass is 10.2. The highest BCUT2D eigenvalue weighted by molar-refractivity contribution is 5.94. The first-order chi connectivity index (χ1) is 11.1. The minimum atomic E-state index is -0.469.